The molecule has 3 N–H and O–H groups in total. The van der Waals surface area contributed by atoms with Gasteiger partial charge in [0.2, 0.25) is 5.91 Å². The average Bonchev–Trinajstić information content (AvgIpc) is 2.01. The third-order valence-electron chi connectivity index (χ3n) is 1.71. The quantitative estimate of drug-likeness (QED) is 0.578. The van der Waals surface area contributed by atoms with Crippen LogP contribution in [0.25, 0.3) is 0 Å². The fraction of sp³-hybridized carbons (Fsp3) is 0.889. The Kier molecular flexibility index (Phi) is 4.95. The molecule has 78 valence electrons. The minimum Gasteiger partial charge on any atom is -0.396 e. The summed E-state index contributed by atoms with van der Waals surface area (Å²) in [6, 6.07) is -0.336. The number of carbonyl (C=O) groups is 1. The summed E-state index contributed by atoms with van der Waals surface area (Å²) < 4.78 is 0. The van der Waals surface area contributed by atoms with Gasteiger partial charge in [-0.15, -0.1) is 0 Å². The highest BCUT2D eigenvalue weighted by Gasteiger charge is 2.23. The summed E-state index contributed by atoms with van der Waals surface area (Å²) in [5.74, 6) is -0.111. The first kappa shape index (κ1) is 12.4. The van der Waals surface area contributed by atoms with Crippen molar-refractivity contribution >= 4 is 5.91 Å². The van der Waals surface area contributed by atoms with Crippen LogP contribution in [0, 0.1) is 5.41 Å². The lowest BCUT2D eigenvalue weighted by Crippen LogP contribution is -2.43. The second-order valence-electron chi connectivity index (χ2n) is 4.12. The molecule has 13 heavy (non-hydrogen) atoms. The molecule has 0 saturated carbocycles. The maximum Gasteiger partial charge on any atom is 0.225 e. The second kappa shape index (κ2) is 5.19. The van der Waals surface area contributed by atoms with Crippen molar-refractivity contribution in [2.75, 3.05) is 13.2 Å². The number of rotatable bonds is 4. The Bertz CT molecular complexity index is 163. The Morgan fingerprint density at radius 1 is 1.38 bits per heavy atom. The van der Waals surface area contributed by atoms with Crippen molar-refractivity contribution in [3.63, 3.8) is 0 Å². The van der Waals surface area contributed by atoms with E-state index in [9.17, 15) is 4.79 Å². The number of amides is 1. The van der Waals surface area contributed by atoms with E-state index in [1.165, 1.54) is 0 Å². The minimum absolute atomic E-state index is 0.0321. The SMILES string of the molecule is CC(C)(C)C(=O)NC(CO)CCO. The average molecular weight is 189 g/mol. The lowest BCUT2D eigenvalue weighted by Gasteiger charge is -2.22. The first-order valence-corrected chi connectivity index (χ1v) is 4.44. The summed E-state index contributed by atoms with van der Waals surface area (Å²) in [6.45, 7) is 5.24. The summed E-state index contributed by atoms with van der Waals surface area (Å²) in [4.78, 5) is 11.4. The zero-order chi connectivity index (χ0) is 10.5. The van der Waals surface area contributed by atoms with Crippen molar-refractivity contribution in [1.82, 2.24) is 5.32 Å². The predicted molar refractivity (Wildman–Crippen MR) is 50.2 cm³/mol. The maximum absolute atomic E-state index is 11.4. The van der Waals surface area contributed by atoms with Gasteiger partial charge >= 0.3 is 0 Å². The van der Waals surface area contributed by atoms with E-state index in [2.05, 4.69) is 5.32 Å². The van der Waals surface area contributed by atoms with Gasteiger partial charge in [-0.1, -0.05) is 20.8 Å². The van der Waals surface area contributed by atoms with Crippen LogP contribution < -0.4 is 5.32 Å². The van der Waals surface area contributed by atoms with E-state index >= 15 is 0 Å². The van der Waals surface area contributed by atoms with Crippen LogP contribution in [0.2, 0.25) is 0 Å². The van der Waals surface area contributed by atoms with E-state index in [-0.39, 0.29) is 25.2 Å². The Morgan fingerprint density at radius 2 is 1.92 bits per heavy atom. The molecule has 1 amide bonds. The van der Waals surface area contributed by atoms with Crippen LogP contribution in [0.4, 0.5) is 0 Å². The first-order valence-electron chi connectivity index (χ1n) is 4.44. The van der Waals surface area contributed by atoms with Crippen molar-refractivity contribution in [1.29, 1.82) is 0 Å². The molecule has 0 fully saturated rings. The van der Waals surface area contributed by atoms with Gasteiger partial charge in [0.05, 0.1) is 12.6 Å². The summed E-state index contributed by atoms with van der Waals surface area (Å²) in [5, 5.41) is 20.1. The molecule has 0 spiro atoms. The number of aliphatic hydroxyl groups is 2. The van der Waals surface area contributed by atoms with Crippen LogP contribution in [0.3, 0.4) is 0 Å². The monoisotopic (exact) mass is 189 g/mol. The van der Waals surface area contributed by atoms with Gasteiger partial charge in [-0.3, -0.25) is 4.79 Å². The van der Waals surface area contributed by atoms with E-state index in [0.29, 0.717) is 6.42 Å². The number of aliphatic hydroxyl groups excluding tert-OH is 2. The van der Waals surface area contributed by atoms with E-state index in [1.807, 2.05) is 0 Å². The van der Waals surface area contributed by atoms with Crippen LogP contribution >= 0.6 is 0 Å². The van der Waals surface area contributed by atoms with Crippen LogP contribution in [-0.4, -0.2) is 35.4 Å². The van der Waals surface area contributed by atoms with Gasteiger partial charge in [0.25, 0.3) is 0 Å². The van der Waals surface area contributed by atoms with Gasteiger partial charge in [0.15, 0.2) is 0 Å². The molecule has 1 atom stereocenters. The molecule has 4 nitrogen and oxygen atoms in total. The van der Waals surface area contributed by atoms with Gasteiger partial charge in [-0.25, -0.2) is 0 Å². The zero-order valence-corrected chi connectivity index (χ0v) is 8.50. The van der Waals surface area contributed by atoms with Crippen LogP contribution in [0.5, 0.6) is 0 Å². The van der Waals surface area contributed by atoms with Crippen molar-refractivity contribution in [3.8, 4) is 0 Å². The standard InChI is InChI=1S/C9H19NO3/c1-9(2,3)8(13)10-7(6-12)4-5-11/h7,11-12H,4-6H2,1-3H3,(H,10,13). The molecule has 1 unspecified atom stereocenters. The number of nitrogens with one attached hydrogen (secondary N) is 1. The van der Waals surface area contributed by atoms with E-state index < -0.39 is 5.41 Å². The van der Waals surface area contributed by atoms with Gasteiger partial charge in [-0.05, 0) is 6.42 Å². The maximum atomic E-state index is 11.4. The van der Waals surface area contributed by atoms with Gasteiger partial charge < -0.3 is 15.5 Å². The fourth-order valence-electron chi connectivity index (χ4n) is 0.767. The third-order valence-corrected chi connectivity index (χ3v) is 1.71. The first-order chi connectivity index (χ1) is 5.91. The van der Waals surface area contributed by atoms with Crippen molar-refractivity contribution in [3.05, 3.63) is 0 Å². The highest BCUT2D eigenvalue weighted by Crippen LogP contribution is 2.13. The summed E-state index contributed by atoms with van der Waals surface area (Å²) in [5.41, 5.74) is -0.455. The lowest BCUT2D eigenvalue weighted by atomic mass is 9.95. The second-order valence-corrected chi connectivity index (χ2v) is 4.12. The van der Waals surface area contributed by atoms with Crippen molar-refractivity contribution < 1.29 is 15.0 Å². The summed E-state index contributed by atoms with van der Waals surface area (Å²) in [6.07, 6.45) is 0.387. The third kappa shape index (κ3) is 4.85. The highest BCUT2D eigenvalue weighted by molar-refractivity contribution is 5.81. The van der Waals surface area contributed by atoms with E-state index in [1.54, 1.807) is 20.8 Å². The van der Waals surface area contributed by atoms with Crippen molar-refractivity contribution in [2.45, 2.75) is 33.2 Å². The van der Waals surface area contributed by atoms with Gasteiger partial charge in [0.1, 0.15) is 0 Å². The number of hydrogen-bond donors (Lipinski definition) is 3. The van der Waals surface area contributed by atoms with E-state index in [4.69, 9.17) is 10.2 Å². The molecule has 0 saturated heterocycles. The predicted octanol–water partition coefficient (Wildman–Crippen LogP) is -0.108. The Morgan fingerprint density at radius 3 is 2.23 bits per heavy atom. The molecule has 0 heterocycles. The number of hydrogen-bond acceptors (Lipinski definition) is 3. The van der Waals surface area contributed by atoms with Gasteiger partial charge in [0, 0.05) is 12.0 Å². The fourth-order valence-corrected chi connectivity index (χ4v) is 0.767. The Labute approximate surface area is 79.0 Å². The normalized spacial score (nSPS) is 13.9. The smallest absolute Gasteiger partial charge is 0.225 e. The molecule has 0 rings (SSSR count). The van der Waals surface area contributed by atoms with E-state index in [0.717, 1.165) is 0 Å². The molecule has 0 bridgehead atoms. The summed E-state index contributed by atoms with van der Waals surface area (Å²) >= 11 is 0. The van der Waals surface area contributed by atoms with Crippen LogP contribution in [-0.2, 0) is 4.79 Å². The molecule has 0 aromatic carbocycles. The van der Waals surface area contributed by atoms with Crippen LogP contribution in [0.15, 0.2) is 0 Å². The van der Waals surface area contributed by atoms with Gasteiger partial charge in [-0.2, -0.15) is 0 Å². The van der Waals surface area contributed by atoms with Crippen molar-refractivity contribution in [2.24, 2.45) is 5.41 Å². The molecule has 0 aliphatic carbocycles. The zero-order valence-electron chi connectivity index (χ0n) is 8.50. The molecule has 0 aliphatic heterocycles. The summed E-state index contributed by atoms with van der Waals surface area (Å²) in [7, 11) is 0. The Hall–Kier alpha value is -0.610. The molecule has 0 aromatic heterocycles. The highest BCUT2D eigenvalue weighted by atomic mass is 16.3. The molecule has 0 radical (unpaired) electrons. The topological polar surface area (TPSA) is 69.6 Å². The largest absolute Gasteiger partial charge is 0.396 e. The molecule has 0 aliphatic rings. The minimum atomic E-state index is -0.455. The molecule has 0 aromatic rings. The molecular formula is C9H19NO3. The van der Waals surface area contributed by atoms with Crippen LogP contribution in [0.1, 0.15) is 27.2 Å². The molecular weight excluding hydrogens is 170 g/mol. The number of carbonyl (C=O) groups excluding carboxylic acids is 1. The lowest BCUT2D eigenvalue weighted by molar-refractivity contribution is -0.129. The molecule has 4 heteroatoms. The Balaban J connectivity index is 4.01.